The molecule has 70 valence electrons. The van der Waals surface area contributed by atoms with Crippen LogP contribution in [0.1, 0.15) is 16.7 Å². The first kappa shape index (κ1) is 9.99. The highest BCUT2D eigenvalue weighted by Crippen LogP contribution is 2.22. The molecule has 3 heteroatoms. The minimum atomic E-state index is 0.434. The van der Waals surface area contributed by atoms with Gasteiger partial charge in [-0.05, 0) is 37.1 Å². The maximum Gasteiger partial charge on any atom is 0.122 e. The van der Waals surface area contributed by atoms with Crippen molar-refractivity contribution in [2.75, 3.05) is 7.11 Å². The van der Waals surface area contributed by atoms with E-state index >= 15 is 0 Å². The van der Waals surface area contributed by atoms with Gasteiger partial charge >= 0.3 is 0 Å². The smallest absolute Gasteiger partial charge is 0.122 e. The van der Waals surface area contributed by atoms with Crippen LogP contribution in [-0.4, -0.2) is 12.1 Å². The monoisotopic (exact) mass is 195 g/mol. The second-order valence-corrected chi connectivity index (χ2v) is 3.44. The number of benzene rings is 1. The second-order valence-electron chi connectivity index (χ2n) is 3.00. The Morgan fingerprint density at radius 1 is 1.31 bits per heavy atom. The minimum Gasteiger partial charge on any atom is -0.496 e. The fourth-order valence-electron chi connectivity index (χ4n) is 1.28. The second kappa shape index (κ2) is 3.75. The van der Waals surface area contributed by atoms with Crippen LogP contribution in [0, 0.1) is 13.8 Å². The summed E-state index contributed by atoms with van der Waals surface area (Å²) in [6.45, 7) is 3.94. The molecule has 0 aliphatic heterocycles. The lowest BCUT2D eigenvalue weighted by molar-refractivity contribution is 0.411. The third-order valence-electron chi connectivity index (χ3n) is 2.01. The Hall–Kier alpha value is -1.09. The molecule has 13 heavy (non-hydrogen) atoms. The zero-order valence-corrected chi connectivity index (χ0v) is 8.87. The lowest BCUT2D eigenvalue weighted by Gasteiger charge is -2.09. The number of aryl methyl sites for hydroxylation is 2. The number of ether oxygens (including phenoxy) is 1. The summed E-state index contributed by atoms with van der Waals surface area (Å²) in [5.41, 5.74) is 8.59. The van der Waals surface area contributed by atoms with Crippen molar-refractivity contribution in [3.63, 3.8) is 0 Å². The van der Waals surface area contributed by atoms with Gasteiger partial charge in [-0.2, -0.15) is 0 Å². The highest BCUT2D eigenvalue weighted by molar-refractivity contribution is 7.80. The van der Waals surface area contributed by atoms with Crippen LogP contribution in [-0.2, 0) is 0 Å². The van der Waals surface area contributed by atoms with Gasteiger partial charge in [0.15, 0.2) is 0 Å². The Kier molecular flexibility index (Phi) is 2.88. The van der Waals surface area contributed by atoms with E-state index in [2.05, 4.69) is 0 Å². The van der Waals surface area contributed by atoms with Crippen LogP contribution in [0.25, 0.3) is 0 Å². The molecule has 1 aromatic rings. The van der Waals surface area contributed by atoms with Crippen molar-refractivity contribution in [2.45, 2.75) is 13.8 Å². The van der Waals surface area contributed by atoms with Gasteiger partial charge in [0, 0.05) is 5.56 Å². The summed E-state index contributed by atoms with van der Waals surface area (Å²) >= 11 is 4.93. The Balaban J connectivity index is 3.28. The zero-order chi connectivity index (χ0) is 10.0. The van der Waals surface area contributed by atoms with Crippen LogP contribution in [0.15, 0.2) is 12.1 Å². The van der Waals surface area contributed by atoms with Gasteiger partial charge in [0.25, 0.3) is 0 Å². The fraction of sp³-hybridized carbons (Fsp3) is 0.300. The van der Waals surface area contributed by atoms with E-state index in [1.54, 1.807) is 7.11 Å². The molecule has 0 aliphatic rings. The normalized spacial score (nSPS) is 9.77. The predicted molar refractivity (Wildman–Crippen MR) is 58.4 cm³/mol. The first-order chi connectivity index (χ1) is 6.06. The molecular weight excluding hydrogens is 182 g/mol. The Morgan fingerprint density at radius 2 is 1.92 bits per heavy atom. The molecule has 0 radical (unpaired) electrons. The Morgan fingerprint density at radius 3 is 2.38 bits per heavy atom. The van der Waals surface area contributed by atoms with Gasteiger partial charge in [0.2, 0.25) is 0 Å². The van der Waals surface area contributed by atoms with E-state index in [1.165, 1.54) is 0 Å². The summed E-state index contributed by atoms with van der Waals surface area (Å²) in [5, 5.41) is 0. The topological polar surface area (TPSA) is 35.2 Å². The van der Waals surface area contributed by atoms with Crippen LogP contribution >= 0.6 is 12.2 Å². The molecule has 0 aliphatic carbocycles. The molecule has 0 unspecified atom stereocenters. The summed E-state index contributed by atoms with van der Waals surface area (Å²) < 4.78 is 5.18. The van der Waals surface area contributed by atoms with Crippen molar-refractivity contribution in [1.82, 2.24) is 0 Å². The number of thiocarbonyl (C=S) groups is 1. The van der Waals surface area contributed by atoms with E-state index < -0.39 is 0 Å². The van der Waals surface area contributed by atoms with Gasteiger partial charge < -0.3 is 10.5 Å². The molecule has 1 aromatic carbocycles. The molecule has 0 amide bonds. The summed E-state index contributed by atoms with van der Waals surface area (Å²) in [4.78, 5) is 0.434. The molecule has 0 bridgehead atoms. The number of methoxy groups -OCH3 is 1. The summed E-state index contributed by atoms with van der Waals surface area (Å²) in [6.07, 6.45) is 0. The number of nitrogens with two attached hydrogens (primary N) is 1. The fourth-order valence-corrected chi connectivity index (χ4v) is 1.49. The Bertz CT molecular complexity index is 347. The van der Waals surface area contributed by atoms with Crippen LogP contribution in [0.3, 0.4) is 0 Å². The molecule has 0 spiro atoms. The van der Waals surface area contributed by atoms with Crippen molar-refractivity contribution >= 4 is 17.2 Å². The van der Waals surface area contributed by atoms with E-state index in [4.69, 9.17) is 22.7 Å². The number of hydrogen-bond donors (Lipinski definition) is 1. The molecule has 0 saturated heterocycles. The molecule has 0 aromatic heterocycles. The van der Waals surface area contributed by atoms with Crippen LogP contribution < -0.4 is 10.5 Å². The third kappa shape index (κ3) is 1.98. The molecule has 2 nitrogen and oxygen atoms in total. The molecule has 2 N–H and O–H groups in total. The van der Waals surface area contributed by atoms with Crippen LogP contribution in [0.5, 0.6) is 5.75 Å². The number of hydrogen-bond acceptors (Lipinski definition) is 2. The maximum atomic E-state index is 5.57. The lowest BCUT2D eigenvalue weighted by Crippen LogP contribution is -2.11. The third-order valence-corrected chi connectivity index (χ3v) is 2.23. The number of rotatable bonds is 2. The van der Waals surface area contributed by atoms with Crippen LogP contribution in [0.2, 0.25) is 0 Å². The maximum absolute atomic E-state index is 5.57. The quantitative estimate of drug-likeness (QED) is 0.732. The van der Waals surface area contributed by atoms with Gasteiger partial charge in [-0.3, -0.25) is 0 Å². The van der Waals surface area contributed by atoms with E-state index in [-0.39, 0.29) is 0 Å². The van der Waals surface area contributed by atoms with Gasteiger partial charge in [-0.1, -0.05) is 12.2 Å². The standard InChI is InChI=1S/C10H13NOS/c1-6-5-9(12-3)7(2)4-8(6)10(11)13/h4-5H,1-3H3,(H2,11,13). The Labute approximate surface area is 83.7 Å². The molecule has 1 rings (SSSR count). The van der Waals surface area contributed by atoms with E-state index in [0.29, 0.717) is 4.99 Å². The highest BCUT2D eigenvalue weighted by Gasteiger charge is 2.05. The first-order valence-electron chi connectivity index (χ1n) is 4.01. The average molecular weight is 195 g/mol. The average Bonchev–Trinajstić information content (AvgIpc) is 2.07. The van der Waals surface area contributed by atoms with E-state index in [1.807, 2.05) is 26.0 Å². The van der Waals surface area contributed by atoms with Gasteiger partial charge in [0.1, 0.15) is 10.7 Å². The highest BCUT2D eigenvalue weighted by atomic mass is 32.1. The largest absolute Gasteiger partial charge is 0.496 e. The lowest BCUT2D eigenvalue weighted by atomic mass is 10.0. The molecular formula is C10H13NOS. The van der Waals surface area contributed by atoms with Crippen molar-refractivity contribution in [2.24, 2.45) is 5.73 Å². The van der Waals surface area contributed by atoms with Crippen molar-refractivity contribution in [1.29, 1.82) is 0 Å². The van der Waals surface area contributed by atoms with Crippen molar-refractivity contribution < 1.29 is 4.74 Å². The molecule has 0 atom stereocenters. The van der Waals surface area contributed by atoms with Crippen molar-refractivity contribution in [3.05, 3.63) is 28.8 Å². The van der Waals surface area contributed by atoms with Gasteiger partial charge in [-0.15, -0.1) is 0 Å². The molecule has 0 heterocycles. The summed E-state index contributed by atoms with van der Waals surface area (Å²) in [5.74, 6) is 0.873. The van der Waals surface area contributed by atoms with Crippen LogP contribution in [0.4, 0.5) is 0 Å². The van der Waals surface area contributed by atoms with Gasteiger partial charge in [0.05, 0.1) is 7.11 Å². The SMILES string of the molecule is COc1cc(C)c(C(N)=S)cc1C. The zero-order valence-electron chi connectivity index (χ0n) is 8.05. The first-order valence-corrected chi connectivity index (χ1v) is 4.42. The van der Waals surface area contributed by atoms with E-state index in [0.717, 1.165) is 22.4 Å². The van der Waals surface area contributed by atoms with Gasteiger partial charge in [-0.25, -0.2) is 0 Å². The van der Waals surface area contributed by atoms with E-state index in [9.17, 15) is 0 Å². The predicted octanol–water partition coefficient (Wildman–Crippen LogP) is 1.95. The molecule has 0 saturated carbocycles. The van der Waals surface area contributed by atoms with Crippen molar-refractivity contribution in [3.8, 4) is 5.75 Å². The molecule has 0 fully saturated rings. The minimum absolute atomic E-state index is 0.434. The summed E-state index contributed by atoms with van der Waals surface area (Å²) in [7, 11) is 1.65. The summed E-state index contributed by atoms with van der Waals surface area (Å²) in [6, 6.07) is 3.90.